The molecule has 1 saturated heterocycles. The van der Waals surface area contributed by atoms with Gasteiger partial charge in [0.1, 0.15) is 0 Å². The fourth-order valence-electron chi connectivity index (χ4n) is 2.11. The van der Waals surface area contributed by atoms with Gasteiger partial charge in [0, 0.05) is 44.0 Å². The van der Waals surface area contributed by atoms with E-state index in [1.807, 2.05) is 0 Å². The van der Waals surface area contributed by atoms with Crippen LogP contribution in [0.1, 0.15) is 12.8 Å². The predicted molar refractivity (Wildman–Crippen MR) is 79.3 cm³/mol. The maximum Gasteiger partial charge on any atom is 0.279 e. The van der Waals surface area contributed by atoms with Crippen molar-refractivity contribution < 1.29 is 13.3 Å². The summed E-state index contributed by atoms with van der Waals surface area (Å²) in [4.78, 5) is 10.0. The standard InChI is InChI=1S/C12H18N4O4S/c17-16(18)12-5-3-11(4-6-12)13-7-8-14-21(19,20)15-9-1-2-10-15/h3-6,13-14H,1-2,7-10H2. The van der Waals surface area contributed by atoms with E-state index in [2.05, 4.69) is 10.0 Å². The summed E-state index contributed by atoms with van der Waals surface area (Å²) in [6.45, 7) is 1.82. The first-order valence-electron chi connectivity index (χ1n) is 6.72. The zero-order valence-corrected chi connectivity index (χ0v) is 12.3. The van der Waals surface area contributed by atoms with Gasteiger partial charge in [-0.05, 0) is 25.0 Å². The Bertz CT molecular complexity index is 582. The molecule has 1 aliphatic heterocycles. The second-order valence-electron chi connectivity index (χ2n) is 4.74. The Hall–Kier alpha value is -1.71. The highest BCUT2D eigenvalue weighted by Crippen LogP contribution is 2.15. The third-order valence-corrected chi connectivity index (χ3v) is 4.84. The van der Waals surface area contributed by atoms with Crippen molar-refractivity contribution in [3.8, 4) is 0 Å². The molecule has 8 nitrogen and oxygen atoms in total. The van der Waals surface area contributed by atoms with Crippen LogP contribution in [0.15, 0.2) is 24.3 Å². The van der Waals surface area contributed by atoms with Crippen LogP contribution >= 0.6 is 0 Å². The fraction of sp³-hybridized carbons (Fsp3) is 0.500. The molecule has 0 radical (unpaired) electrons. The molecule has 0 unspecified atom stereocenters. The third kappa shape index (κ3) is 4.38. The highest BCUT2D eigenvalue weighted by atomic mass is 32.2. The first-order chi connectivity index (χ1) is 9.99. The molecule has 2 rings (SSSR count). The molecule has 2 N–H and O–H groups in total. The lowest BCUT2D eigenvalue weighted by Gasteiger charge is -2.16. The Morgan fingerprint density at radius 3 is 2.33 bits per heavy atom. The number of nitro benzene ring substituents is 1. The lowest BCUT2D eigenvalue weighted by atomic mass is 10.3. The van der Waals surface area contributed by atoms with Crippen molar-refractivity contribution >= 4 is 21.6 Å². The summed E-state index contributed by atoms with van der Waals surface area (Å²) in [6.07, 6.45) is 1.81. The maximum absolute atomic E-state index is 11.9. The Labute approximate surface area is 123 Å². The lowest BCUT2D eigenvalue weighted by molar-refractivity contribution is -0.384. The van der Waals surface area contributed by atoms with E-state index >= 15 is 0 Å². The molecule has 0 atom stereocenters. The highest BCUT2D eigenvalue weighted by Gasteiger charge is 2.24. The third-order valence-electron chi connectivity index (χ3n) is 3.22. The van der Waals surface area contributed by atoms with Gasteiger partial charge in [0.15, 0.2) is 0 Å². The molecule has 1 aliphatic rings. The zero-order valence-electron chi connectivity index (χ0n) is 11.5. The van der Waals surface area contributed by atoms with E-state index in [1.165, 1.54) is 16.4 Å². The van der Waals surface area contributed by atoms with E-state index in [0.29, 0.717) is 25.3 Å². The molecular weight excluding hydrogens is 296 g/mol. The molecule has 1 aromatic rings. The van der Waals surface area contributed by atoms with Crippen molar-refractivity contribution in [2.45, 2.75) is 12.8 Å². The van der Waals surface area contributed by atoms with Gasteiger partial charge >= 0.3 is 0 Å². The van der Waals surface area contributed by atoms with Crippen molar-refractivity contribution in [2.75, 3.05) is 31.5 Å². The summed E-state index contributed by atoms with van der Waals surface area (Å²) >= 11 is 0. The average Bonchev–Trinajstić information content (AvgIpc) is 2.99. The molecule has 0 spiro atoms. The Morgan fingerprint density at radius 2 is 1.76 bits per heavy atom. The van der Waals surface area contributed by atoms with Gasteiger partial charge in [-0.1, -0.05) is 0 Å². The molecule has 9 heteroatoms. The van der Waals surface area contributed by atoms with Gasteiger partial charge in [-0.15, -0.1) is 0 Å². The molecule has 0 bridgehead atoms. The molecule has 0 aromatic heterocycles. The van der Waals surface area contributed by atoms with Gasteiger partial charge in [0.2, 0.25) is 0 Å². The largest absolute Gasteiger partial charge is 0.384 e. The number of rotatable bonds is 7. The average molecular weight is 314 g/mol. The normalized spacial score (nSPS) is 16.0. The number of hydrogen-bond donors (Lipinski definition) is 2. The van der Waals surface area contributed by atoms with E-state index in [-0.39, 0.29) is 12.2 Å². The second kappa shape index (κ2) is 6.83. The van der Waals surface area contributed by atoms with Gasteiger partial charge in [0.05, 0.1) is 4.92 Å². The van der Waals surface area contributed by atoms with E-state index in [1.54, 1.807) is 12.1 Å². The minimum Gasteiger partial charge on any atom is -0.384 e. The van der Waals surface area contributed by atoms with Crippen LogP contribution in [0.4, 0.5) is 11.4 Å². The first-order valence-corrected chi connectivity index (χ1v) is 8.16. The van der Waals surface area contributed by atoms with Crippen LogP contribution in [-0.2, 0) is 10.2 Å². The number of nitro groups is 1. The van der Waals surface area contributed by atoms with Crippen LogP contribution in [0.5, 0.6) is 0 Å². The topological polar surface area (TPSA) is 105 Å². The molecule has 1 heterocycles. The number of nitrogens with zero attached hydrogens (tertiary/aromatic N) is 2. The van der Waals surface area contributed by atoms with Gasteiger partial charge in [-0.25, -0.2) is 4.72 Å². The van der Waals surface area contributed by atoms with Crippen LogP contribution in [0.3, 0.4) is 0 Å². The van der Waals surface area contributed by atoms with Gasteiger partial charge in [-0.2, -0.15) is 12.7 Å². The van der Waals surface area contributed by atoms with Gasteiger partial charge in [-0.3, -0.25) is 10.1 Å². The van der Waals surface area contributed by atoms with Gasteiger partial charge in [0.25, 0.3) is 15.9 Å². The summed E-state index contributed by atoms with van der Waals surface area (Å²) < 4.78 is 27.7. The number of nitrogens with one attached hydrogen (secondary N) is 2. The van der Waals surface area contributed by atoms with Crippen LogP contribution in [0.2, 0.25) is 0 Å². The SMILES string of the molecule is O=[N+]([O-])c1ccc(NCCNS(=O)(=O)N2CCCC2)cc1. The molecule has 21 heavy (non-hydrogen) atoms. The Balaban J connectivity index is 1.75. The quantitative estimate of drug-likeness (QED) is 0.443. The summed E-state index contributed by atoms with van der Waals surface area (Å²) in [5, 5.41) is 13.5. The monoisotopic (exact) mass is 314 g/mol. The number of hydrogen-bond acceptors (Lipinski definition) is 5. The van der Waals surface area contributed by atoms with E-state index < -0.39 is 15.1 Å². The predicted octanol–water partition coefficient (Wildman–Crippen LogP) is 0.937. The minimum absolute atomic E-state index is 0.0234. The van der Waals surface area contributed by atoms with Crippen molar-refractivity contribution in [1.29, 1.82) is 0 Å². The van der Waals surface area contributed by atoms with Crippen molar-refractivity contribution in [2.24, 2.45) is 0 Å². The van der Waals surface area contributed by atoms with Crippen molar-refractivity contribution in [3.63, 3.8) is 0 Å². The molecule has 0 aliphatic carbocycles. The van der Waals surface area contributed by atoms with Crippen LogP contribution in [0.25, 0.3) is 0 Å². The fourth-order valence-corrected chi connectivity index (χ4v) is 3.39. The molecule has 116 valence electrons. The van der Waals surface area contributed by atoms with Crippen molar-refractivity contribution in [3.05, 3.63) is 34.4 Å². The summed E-state index contributed by atoms with van der Waals surface area (Å²) in [6, 6.07) is 5.98. The second-order valence-corrected chi connectivity index (χ2v) is 6.49. The van der Waals surface area contributed by atoms with Crippen LogP contribution in [-0.4, -0.2) is 43.8 Å². The number of benzene rings is 1. The van der Waals surface area contributed by atoms with Crippen LogP contribution in [0, 0.1) is 10.1 Å². The molecule has 1 aromatic carbocycles. The Morgan fingerprint density at radius 1 is 1.14 bits per heavy atom. The maximum atomic E-state index is 11.9. The number of non-ortho nitro benzene ring substituents is 1. The summed E-state index contributed by atoms with van der Waals surface area (Å²) in [7, 11) is -3.38. The Kier molecular flexibility index (Phi) is 5.10. The van der Waals surface area contributed by atoms with E-state index in [0.717, 1.165) is 12.8 Å². The van der Waals surface area contributed by atoms with E-state index in [9.17, 15) is 18.5 Å². The molecular formula is C12H18N4O4S. The van der Waals surface area contributed by atoms with E-state index in [4.69, 9.17) is 0 Å². The van der Waals surface area contributed by atoms with Crippen molar-refractivity contribution in [1.82, 2.24) is 9.03 Å². The summed E-state index contributed by atoms with van der Waals surface area (Å²) in [5.41, 5.74) is 0.733. The molecule has 1 fully saturated rings. The zero-order chi connectivity index (χ0) is 15.3. The lowest BCUT2D eigenvalue weighted by Crippen LogP contribution is -2.40. The smallest absolute Gasteiger partial charge is 0.279 e. The number of anilines is 1. The van der Waals surface area contributed by atoms with Gasteiger partial charge < -0.3 is 5.32 Å². The molecule has 0 amide bonds. The van der Waals surface area contributed by atoms with Crippen LogP contribution < -0.4 is 10.0 Å². The summed E-state index contributed by atoms with van der Waals surface area (Å²) in [5.74, 6) is 0. The highest BCUT2D eigenvalue weighted by molar-refractivity contribution is 7.87. The minimum atomic E-state index is -3.38. The first kappa shape index (κ1) is 15.7. The molecule has 0 saturated carbocycles.